The van der Waals surface area contributed by atoms with E-state index in [0.29, 0.717) is 0 Å². The van der Waals surface area contributed by atoms with Crippen molar-refractivity contribution < 1.29 is 5.11 Å². The second kappa shape index (κ2) is 3.85. The Morgan fingerprint density at radius 3 is 2.25 bits per heavy atom. The normalized spacial score (nSPS) is 31.5. The summed E-state index contributed by atoms with van der Waals surface area (Å²) in [6.07, 6.45) is 6.04. The number of rotatable bonds is 1. The topological polar surface area (TPSA) is 20.2 Å². The third kappa shape index (κ3) is 1.82. The summed E-state index contributed by atoms with van der Waals surface area (Å²) in [4.78, 5) is 0. The maximum Gasteiger partial charge on any atom is 0.0814 e. The molecule has 1 N–H and O–H groups in total. The maximum atomic E-state index is 10.5. The quantitative estimate of drug-likeness (QED) is 0.681. The van der Waals surface area contributed by atoms with Gasteiger partial charge in [-0.2, -0.15) is 0 Å². The van der Waals surface area contributed by atoms with Crippen LogP contribution in [0.2, 0.25) is 23.2 Å². The first-order valence-electron chi connectivity index (χ1n) is 6.08. The summed E-state index contributed by atoms with van der Waals surface area (Å²) in [6, 6.07) is 0. The summed E-state index contributed by atoms with van der Waals surface area (Å²) in [5, 5.41) is 10.7. The summed E-state index contributed by atoms with van der Waals surface area (Å²) in [5.74, 6) is 0. The molecule has 1 nitrogen and oxygen atoms in total. The highest BCUT2D eigenvalue weighted by atomic mass is 28.3. The molecule has 1 rings (SSSR count). The predicted octanol–water partition coefficient (Wildman–Crippen LogP) is 4.13. The van der Waals surface area contributed by atoms with Gasteiger partial charge in [-0.25, -0.2) is 0 Å². The molecule has 1 aliphatic carbocycles. The number of aliphatic hydroxyl groups is 1. The summed E-state index contributed by atoms with van der Waals surface area (Å²) in [6.45, 7) is 15.9. The van der Waals surface area contributed by atoms with Crippen LogP contribution in [0, 0.1) is 0 Å². The lowest BCUT2D eigenvalue weighted by molar-refractivity contribution is 0.172. The van der Waals surface area contributed by atoms with E-state index in [1.165, 1.54) is 0 Å². The van der Waals surface area contributed by atoms with Crippen LogP contribution < -0.4 is 0 Å². The highest BCUT2D eigenvalue weighted by Gasteiger charge is 2.53. The van der Waals surface area contributed by atoms with Crippen LogP contribution in [0.4, 0.5) is 0 Å². The van der Waals surface area contributed by atoms with Gasteiger partial charge in [0.2, 0.25) is 0 Å². The number of aliphatic hydroxyl groups excluding tert-OH is 1. The van der Waals surface area contributed by atoms with Gasteiger partial charge in [-0.1, -0.05) is 59.0 Å². The molecular weight excluding hydrogens is 212 g/mol. The van der Waals surface area contributed by atoms with Crippen molar-refractivity contribution in [2.75, 3.05) is 0 Å². The van der Waals surface area contributed by atoms with Crippen molar-refractivity contribution in [3.63, 3.8) is 0 Å². The van der Waals surface area contributed by atoms with Gasteiger partial charge >= 0.3 is 0 Å². The first kappa shape index (κ1) is 13.7. The standard InChI is InChI=1S/C14H26OSi/c1-11-9-8-10-14(5,12(11)15)16(6,7)13(2,3)4/h8-10,12,15H,1-7H3. The zero-order valence-electron chi connectivity index (χ0n) is 11.8. The van der Waals surface area contributed by atoms with E-state index < -0.39 is 8.07 Å². The van der Waals surface area contributed by atoms with Crippen LogP contribution in [0.25, 0.3) is 0 Å². The van der Waals surface area contributed by atoms with E-state index in [0.717, 1.165) is 5.57 Å². The van der Waals surface area contributed by atoms with Gasteiger partial charge < -0.3 is 5.11 Å². The van der Waals surface area contributed by atoms with Crippen molar-refractivity contribution in [1.82, 2.24) is 0 Å². The number of hydrogen-bond donors (Lipinski definition) is 1. The molecular formula is C14H26OSi. The van der Waals surface area contributed by atoms with Gasteiger partial charge in [-0.15, -0.1) is 0 Å². The molecule has 0 aromatic heterocycles. The molecule has 16 heavy (non-hydrogen) atoms. The van der Waals surface area contributed by atoms with E-state index in [2.05, 4.69) is 52.9 Å². The van der Waals surface area contributed by atoms with E-state index in [1.54, 1.807) is 0 Å². The van der Waals surface area contributed by atoms with Crippen molar-refractivity contribution in [2.24, 2.45) is 0 Å². The predicted molar refractivity (Wildman–Crippen MR) is 74.5 cm³/mol. The fraction of sp³-hybridized carbons (Fsp3) is 0.714. The summed E-state index contributed by atoms with van der Waals surface area (Å²) in [7, 11) is -1.61. The largest absolute Gasteiger partial charge is 0.388 e. The average Bonchev–Trinajstić information content (AvgIpc) is 2.12. The van der Waals surface area contributed by atoms with Crippen molar-refractivity contribution >= 4 is 8.07 Å². The molecule has 2 heteroatoms. The summed E-state index contributed by atoms with van der Waals surface area (Å²) < 4.78 is 0. The molecule has 0 bridgehead atoms. The highest BCUT2D eigenvalue weighted by Crippen LogP contribution is 2.56. The van der Waals surface area contributed by atoms with Crippen molar-refractivity contribution in [2.45, 2.75) is 63.9 Å². The molecule has 1 aliphatic rings. The van der Waals surface area contributed by atoms with Crippen LogP contribution in [-0.2, 0) is 0 Å². The van der Waals surface area contributed by atoms with Crippen molar-refractivity contribution in [3.05, 3.63) is 23.8 Å². The minimum Gasteiger partial charge on any atom is -0.388 e. The van der Waals surface area contributed by atoms with Crippen molar-refractivity contribution in [1.29, 1.82) is 0 Å². The second-order valence-electron chi connectivity index (χ2n) is 6.83. The Bertz CT molecular complexity index is 333. The van der Waals surface area contributed by atoms with Crippen LogP contribution in [0.15, 0.2) is 23.8 Å². The van der Waals surface area contributed by atoms with E-state index in [4.69, 9.17) is 0 Å². The van der Waals surface area contributed by atoms with Gasteiger partial charge in [0.05, 0.1) is 14.2 Å². The molecule has 0 aromatic rings. The van der Waals surface area contributed by atoms with Gasteiger partial charge in [0.25, 0.3) is 0 Å². The molecule has 0 saturated carbocycles. The molecule has 0 amide bonds. The monoisotopic (exact) mass is 238 g/mol. The Labute approximate surface area is 101 Å². The lowest BCUT2D eigenvalue weighted by Gasteiger charge is -2.52. The zero-order chi connectivity index (χ0) is 12.8. The number of allylic oxidation sites excluding steroid dienone is 2. The Morgan fingerprint density at radius 2 is 1.81 bits per heavy atom. The van der Waals surface area contributed by atoms with Gasteiger partial charge in [0.1, 0.15) is 0 Å². The maximum absolute atomic E-state index is 10.5. The van der Waals surface area contributed by atoms with Crippen LogP contribution in [-0.4, -0.2) is 19.3 Å². The first-order chi connectivity index (χ1) is 7.04. The average molecular weight is 238 g/mol. The molecule has 92 valence electrons. The highest BCUT2D eigenvalue weighted by molar-refractivity contribution is 6.83. The fourth-order valence-corrected chi connectivity index (χ4v) is 5.45. The Kier molecular flexibility index (Phi) is 3.30. The van der Waals surface area contributed by atoms with E-state index >= 15 is 0 Å². The fourth-order valence-electron chi connectivity index (χ4n) is 2.41. The Hall–Kier alpha value is -0.343. The van der Waals surface area contributed by atoms with Gasteiger partial charge in [0, 0.05) is 5.04 Å². The second-order valence-corrected chi connectivity index (χ2v) is 12.7. The van der Waals surface area contributed by atoms with Gasteiger partial charge in [0.15, 0.2) is 0 Å². The summed E-state index contributed by atoms with van der Waals surface area (Å²) in [5.41, 5.74) is 1.09. The molecule has 0 aromatic carbocycles. The molecule has 0 heterocycles. The molecule has 2 atom stereocenters. The summed E-state index contributed by atoms with van der Waals surface area (Å²) >= 11 is 0. The lowest BCUT2D eigenvalue weighted by atomic mass is 9.92. The van der Waals surface area contributed by atoms with Crippen LogP contribution >= 0.6 is 0 Å². The first-order valence-corrected chi connectivity index (χ1v) is 9.08. The third-order valence-corrected chi connectivity index (χ3v) is 11.9. The van der Waals surface area contributed by atoms with Crippen LogP contribution in [0.3, 0.4) is 0 Å². The van der Waals surface area contributed by atoms with Crippen molar-refractivity contribution in [3.8, 4) is 0 Å². The van der Waals surface area contributed by atoms with Gasteiger partial charge in [-0.3, -0.25) is 0 Å². The number of hydrogen-bond acceptors (Lipinski definition) is 1. The molecule has 0 spiro atoms. The molecule has 0 radical (unpaired) electrons. The van der Waals surface area contributed by atoms with E-state index in [1.807, 2.05) is 13.0 Å². The zero-order valence-corrected chi connectivity index (χ0v) is 12.8. The molecule has 0 fully saturated rings. The van der Waals surface area contributed by atoms with Crippen LogP contribution in [0.5, 0.6) is 0 Å². The minimum absolute atomic E-state index is 0.0654. The molecule has 2 unspecified atom stereocenters. The van der Waals surface area contributed by atoms with Crippen LogP contribution in [0.1, 0.15) is 34.6 Å². The SMILES string of the molecule is CC1=CC=CC(C)([Si](C)(C)C(C)(C)C)C1O. The molecule has 0 saturated heterocycles. The Morgan fingerprint density at radius 1 is 1.31 bits per heavy atom. The van der Waals surface area contributed by atoms with E-state index in [9.17, 15) is 5.11 Å². The smallest absolute Gasteiger partial charge is 0.0814 e. The van der Waals surface area contributed by atoms with E-state index in [-0.39, 0.29) is 16.2 Å². The lowest BCUT2D eigenvalue weighted by Crippen LogP contribution is -2.53. The third-order valence-electron chi connectivity index (χ3n) is 5.02. The van der Waals surface area contributed by atoms with Gasteiger partial charge in [-0.05, 0) is 17.5 Å². The Balaban J connectivity index is 3.22. The minimum atomic E-state index is -1.61. The molecule has 0 aliphatic heterocycles.